The molecule has 0 saturated carbocycles. The topological polar surface area (TPSA) is 95.9 Å². The van der Waals surface area contributed by atoms with E-state index in [0.29, 0.717) is 15.7 Å². The van der Waals surface area contributed by atoms with Crippen LogP contribution in [0.3, 0.4) is 0 Å². The Morgan fingerprint density at radius 1 is 1.07 bits per heavy atom. The molecule has 2 N–H and O–H groups in total. The summed E-state index contributed by atoms with van der Waals surface area (Å²) in [6, 6.07) is 7.50. The second-order valence-electron chi connectivity index (χ2n) is 6.36. The molecule has 4 amide bonds. The van der Waals surface area contributed by atoms with Crippen molar-refractivity contribution in [2.45, 2.75) is 13.8 Å². The summed E-state index contributed by atoms with van der Waals surface area (Å²) in [6.07, 6.45) is 1.34. The molecule has 1 aliphatic rings. The van der Waals surface area contributed by atoms with Crippen LogP contribution in [0.25, 0.3) is 6.08 Å². The average Bonchev–Trinajstić information content (AvgIpc) is 2.60. The van der Waals surface area contributed by atoms with E-state index in [1.165, 1.54) is 25.3 Å². The number of aromatic hydroxyl groups is 1. The van der Waals surface area contributed by atoms with Gasteiger partial charge in [0.1, 0.15) is 5.57 Å². The van der Waals surface area contributed by atoms with Gasteiger partial charge in [-0.25, -0.2) is 9.69 Å². The van der Waals surface area contributed by atoms with E-state index in [2.05, 4.69) is 21.2 Å². The van der Waals surface area contributed by atoms with E-state index in [1.807, 2.05) is 19.9 Å². The van der Waals surface area contributed by atoms with Crippen LogP contribution in [0.1, 0.15) is 16.7 Å². The van der Waals surface area contributed by atoms with Gasteiger partial charge in [0, 0.05) is 0 Å². The van der Waals surface area contributed by atoms with Gasteiger partial charge in [-0.15, -0.1) is 0 Å². The molecule has 1 heterocycles. The number of aryl methyl sites for hydroxylation is 2. The number of halogens is 1. The fourth-order valence-corrected chi connectivity index (χ4v) is 3.43. The normalized spacial score (nSPS) is 15.8. The molecule has 7 nitrogen and oxygen atoms in total. The Labute approximate surface area is 169 Å². The Morgan fingerprint density at radius 2 is 1.71 bits per heavy atom. The molecule has 2 aromatic rings. The lowest BCUT2D eigenvalue weighted by atomic mass is 10.1. The summed E-state index contributed by atoms with van der Waals surface area (Å²) in [5.41, 5.74) is 2.37. The number of hydrogen-bond donors (Lipinski definition) is 2. The van der Waals surface area contributed by atoms with Crippen molar-refractivity contribution >= 4 is 45.5 Å². The van der Waals surface area contributed by atoms with Crippen molar-refractivity contribution in [2.24, 2.45) is 0 Å². The minimum Gasteiger partial charge on any atom is -0.503 e. The maximum Gasteiger partial charge on any atom is 0.335 e. The standard InChI is InChI=1S/C20H17BrN2O5/c1-10-4-11(2)6-13(5-10)23-19(26)14(18(25)22-20(23)27)7-12-8-15(21)17(24)16(9-12)28-3/h4-9,24H,1-3H3,(H,22,25,27). The maximum atomic E-state index is 13.0. The highest BCUT2D eigenvalue weighted by Crippen LogP contribution is 2.36. The third-order valence-corrected chi connectivity index (χ3v) is 4.75. The number of barbiturate groups is 1. The van der Waals surface area contributed by atoms with Crippen molar-refractivity contribution in [3.05, 3.63) is 57.1 Å². The second kappa shape index (κ2) is 7.47. The number of ether oxygens (including phenoxy) is 1. The summed E-state index contributed by atoms with van der Waals surface area (Å²) < 4.78 is 5.42. The van der Waals surface area contributed by atoms with E-state index < -0.39 is 17.8 Å². The molecule has 0 aliphatic carbocycles. The van der Waals surface area contributed by atoms with Gasteiger partial charge in [0.2, 0.25) is 0 Å². The first kappa shape index (κ1) is 19.6. The molecular formula is C20H17BrN2O5. The van der Waals surface area contributed by atoms with E-state index in [0.717, 1.165) is 16.0 Å². The first-order valence-corrected chi connectivity index (χ1v) is 9.07. The summed E-state index contributed by atoms with van der Waals surface area (Å²) in [5.74, 6) is -1.45. The van der Waals surface area contributed by atoms with Crippen molar-refractivity contribution in [3.8, 4) is 11.5 Å². The third-order valence-electron chi connectivity index (χ3n) is 4.15. The largest absolute Gasteiger partial charge is 0.503 e. The number of amides is 4. The fraction of sp³-hybridized carbons (Fsp3) is 0.150. The number of rotatable bonds is 3. The van der Waals surface area contributed by atoms with Crippen LogP contribution in [0.2, 0.25) is 0 Å². The van der Waals surface area contributed by atoms with Crippen LogP contribution in [0, 0.1) is 13.8 Å². The molecule has 1 fully saturated rings. The predicted molar refractivity (Wildman–Crippen MR) is 107 cm³/mol. The molecule has 3 rings (SSSR count). The molecular weight excluding hydrogens is 428 g/mol. The van der Waals surface area contributed by atoms with Gasteiger partial charge in [0.25, 0.3) is 11.8 Å². The molecule has 2 aromatic carbocycles. The van der Waals surface area contributed by atoms with Crippen LogP contribution in [0.4, 0.5) is 10.5 Å². The summed E-state index contributed by atoms with van der Waals surface area (Å²) in [5, 5.41) is 12.1. The number of hydrogen-bond acceptors (Lipinski definition) is 5. The number of nitrogens with zero attached hydrogens (tertiary/aromatic N) is 1. The SMILES string of the molecule is COc1cc(C=C2C(=O)NC(=O)N(c3cc(C)cc(C)c3)C2=O)cc(Br)c1O. The zero-order valence-corrected chi connectivity index (χ0v) is 17.0. The van der Waals surface area contributed by atoms with Crippen LogP contribution >= 0.6 is 15.9 Å². The molecule has 144 valence electrons. The van der Waals surface area contributed by atoms with E-state index in [4.69, 9.17) is 4.74 Å². The van der Waals surface area contributed by atoms with Crippen LogP contribution < -0.4 is 15.0 Å². The summed E-state index contributed by atoms with van der Waals surface area (Å²) in [4.78, 5) is 38.5. The Kier molecular flexibility index (Phi) is 5.24. The van der Waals surface area contributed by atoms with E-state index in [1.54, 1.807) is 12.1 Å². The van der Waals surface area contributed by atoms with Gasteiger partial charge in [-0.2, -0.15) is 0 Å². The number of urea groups is 1. The lowest BCUT2D eigenvalue weighted by Crippen LogP contribution is -2.54. The van der Waals surface area contributed by atoms with Crippen molar-refractivity contribution in [1.29, 1.82) is 0 Å². The van der Waals surface area contributed by atoms with Gasteiger partial charge in [-0.3, -0.25) is 14.9 Å². The monoisotopic (exact) mass is 444 g/mol. The molecule has 8 heteroatoms. The number of phenolic OH excluding ortho intramolecular Hbond substituents is 1. The highest BCUT2D eigenvalue weighted by atomic mass is 79.9. The lowest BCUT2D eigenvalue weighted by molar-refractivity contribution is -0.122. The second-order valence-corrected chi connectivity index (χ2v) is 7.21. The first-order valence-electron chi connectivity index (χ1n) is 8.27. The summed E-state index contributed by atoms with van der Waals surface area (Å²) in [6.45, 7) is 3.70. The number of imide groups is 2. The number of benzene rings is 2. The van der Waals surface area contributed by atoms with Crippen molar-refractivity contribution < 1.29 is 24.2 Å². The van der Waals surface area contributed by atoms with Gasteiger partial charge in [-0.05, 0) is 76.8 Å². The number of carbonyl (C=O) groups is 3. The minimum atomic E-state index is -0.804. The van der Waals surface area contributed by atoms with Gasteiger partial charge in [-0.1, -0.05) is 6.07 Å². The number of nitrogens with one attached hydrogen (secondary N) is 1. The van der Waals surface area contributed by atoms with Crippen LogP contribution in [-0.2, 0) is 9.59 Å². The molecule has 1 aliphatic heterocycles. The quantitative estimate of drug-likeness (QED) is 0.558. The molecule has 0 atom stereocenters. The van der Waals surface area contributed by atoms with Gasteiger partial charge >= 0.3 is 6.03 Å². The Balaban J connectivity index is 2.07. The summed E-state index contributed by atoms with van der Waals surface area (Å²) in [7, 11) is 1.39. The maximum absolute atomic E-state index is 13.0. The lowest BCUT2D eigenvalue weighted by Gasteiger charge is -2.27. The van der Waals surface area contributed by atoms with E-state index >= 15 is 0 Å². The Bertz CT molecular complexity index is 1020. The van der Waals surface area contributed by atoms with Crippen LogP contribution in [0.15, 0.2) is 40.4 Å². The predicted octanol–water partition coefficient (Wildman–Crippen LogP) is 3.45. The zero-order valence-electron chi connectivity index (χ0n) is 15.4. The molecule has 0 spiro atoms. The highest BCUT2D eigenvalue weighted by Gasteiger charge is 2.37. The molecule has 1 saturated heterocycles. The van der Waals surface area contributed by atoms with Crippen LogP contribution in [0.5, 0.6) is 11.5 Å². The fourth-order valence-electron chi connectivity index (χ4n) is 2.97. The van der Waals surface area contributed by atoms with Crippen molar-refractivity contribution in [3.63, 3.8) is 0 Å². The minimum absolute atomic E-state index is 0.101. The third kappa shape index (κ3) is 3.63. The van der Waals surface area contributed by atoms with Gasteiger partial charge in [0.15, 0.2) is 11.5 Å². The number of phenols is 1. The van der Waals surface area contributed by atoms with Crippen molar-refractivity contribution in [1.82, 2.24) is 5.32 Å². The molecule has 0 bridgehead atoms. The Morgan fingerprint density at radius 3 is 2.32 bits per heavy atom. The van der Waals surface area contributed by atoms with Gasteiger partial charge in [0.05, 0.1) is 17.3 Å². The smallest absolute Gasteiger partial charge is 0.335 e. The molecule has 0 radical (unpaired) electrons. The molecule has 0 unspecified atom stereocenters. The zero-order chi connectivity index (χ0) is 20.6. The number of methoxy groups -OCH3 is 1. The van der Waals surface area contributed by atoms with E-state index in [-0.39, 0.29) is 17.1 Å². The number of anilines is 1. The average molecular weight is 445 g/mol. The molecule has 28 heavy (non-hydrogen) atoms. The summed E-state index contributed by atoms with van der Waals surface area (Å²) >= 11 is 3.20. The van der Waals surface area contributed by atoms with E-state index in [9.17, 15) is 19.5 Å². The van der Waals surface area contributed by atoms with Crippen LogP contribution in [-0.4, -0.2) is 30.1 Å². The molecule has 0 aromatic heterocycles. The highest BCUT2D eigenvalue weighted by molar-refractivity contribution is 9.10. The Hall–Kier alpha value is -3.13. The first-order chi connectivity index (χ1) is 13.2. The van der Waals surface area contributed by atoms with Crippen molar-refractivity contribution in [2.75, 3.05) is 12.0 Å². The number of carbonyl (C=O) groups excluding carboxylic acids is 3. The van der Waals surface area contributed by atoms with Gasteiger partial charge < -0.3 is 9.84 Å².